The van der Waals surface area contributed by atoms with Crippen LogP contribution in [-0.4, -0.2) is 65.2 Å². The van der Waals surface area contributed by atoms with E-state index in [1.807, 2.05) is 7.05 Å². The maximum Gasteiger partial charge on any atom is 0.140 e. The second-order valence-corrected chi connectivity index (χ2v) is 8.87. The summed E-state index contributed by atoms with van der Waals surface area (Å²) in [5.41, 5.74) is 2.30. The first-order valence-electron chi connectivity index (χ1n) is 10.6. The zero-order chi connectivity index (χ0) is 19.5. The summed E-state index contributed by atoms with van der Waals surface area (Å²) in [6.45, 7) is 5.51. The van der Waals surface area contributed by atoms with Crippen LogP contribution in [0.5, 0.6) is 0 Å². The second kappa shape index (κ2) is 9.08. The summed E-state index contributed by atoms with van der Waals surface area (Å²) in [4.78, 5) is 10.4. The van der Waals surface area contributed by atoms with Gasteiger partial charge in [0.15, 0.2) is 0 Å². The van der Waals surface area contributed by atoms with Gasteiger partial charge in [-0.1, -0.05) is 43.2 Å². The third-order valence-corrected chi connectivity index (χ3v) is 7.36. The molecule has 1 aliphatic carbocycles. The van der Waals surface area contributed by atoms with E-state index in [9.17, 15) is 0 Å². The smallest absolute Gasteiger partial charge is 0.140 e. The second-order valence-electron chi connectivity index (χ2n) is 8.12. The lowest BCUT2D eigenvalue weighted by molar-refractivity contribution is 0.0689. The van der Waals surface area contributed by atoms with Crippen LogP contribution >= 0.6 is 15.9 Å². The molecule has 2 heterocycles. The Hall–Kier alpha value is -1.21. The van der Waals surface area contributed by atoms with Crippen molar-refractivity contribution in [1.82, 2.24) is 24.7 Å². The highest BCUT2D eigenvalue weighted by molar-refractivity contribution is 9.10. The number of halogens is 1. The van der Waals surface area contributed by atoms with Gasteiger partial charge in [0.25, 0.3) is 0 Å². The molecule has 0 bridgehead atoms. The highest BCUT2D eigenvalue weighted by atomic mass is 79.9. The first-order valence-corrected chi connectivity index (χ1v) is 11.4. The van der Waals surface area contributed by atoms with E-state index in [1.165, 1.54) is 38.8 Å². The zero-order valence-electron chi connectivity index (χ0n) is 17.1. The highest BCUT2D eigenvalue weighted by Gasteiger charge is 2.32. The molecule has 1 aliphatic heterocycles. The van der Waals surface area contributed by atoms with Gasteiger partial charge < -0.3 is 9.88 Å². The molecule has 0 amide bonds. The van der Waals surface area contributed by atoms with Crippen LogP contribution in [0.25, 0.3) is 11.4 Å². The van der Waals surface area contributed by atoms with Crippen LogP contribution in [0.1, 0.15) is 37.4 Å². The number of piperazine rings is 1. The lowest BCUT2D eigenvalue weighted by Gasteiger charge is -2.41. The SMILES string of the molecule is CNCC(c1nc(-c2ccccc2)n(C)c1Br)N1CCN(C2CCCC2)CC1. The van der Waals surface area contributed by atoms with Gasteiger partial charge in [0.1, 0.15) is 10.4 Å². The molecular formula is C22H32BrN5. The molecule has 1 saturated heterocycles. The molecule has 1 atom stereocenters. The van der Waals surface area contributed by atoms with Crippen LogP contribution in [0.2, 0.25) is 0 Å². The van der Waals surface area contributed by atoms with Gasteiger partial charge in [-0.05, 0) is 35.8 Å². The molecule has 6 heteroatoms. The summed E-state index contributed by atoms with van der Waals surface area (Å²) in [6.07, 6.45) is 5.62. The summed E-state index contributed by atoms with van der Waals surface area (Å²) >= 11 is 3.84. The maximum atomic E-state index is 5.09. The lowest BCUT2D eigenvalue weighted by Crippen LogP contribution is -2.51. The van der Waals surface area contributed by atoms with Crippen LogP contribution < -0.4 is 5.32 Å². The number of imidazole rings is 1. The monoisotopic (exact) mass is 445 g/mol. The van der Waals surface area contributed by atoms with Crippen LogP contribution in [0.15, 0.2) is 34.9 Å². The largest absolute Gasteiger partial charge is 0.322 e. The molecule has 1 N–H and O–H groups in total. The first-order chi connectivity index (χ1) is 13.7. The van der Waals surface area contributed by atoms with Gasteiger partial charge in [-0.25, -0.2) is 4.98 Å². The number of aromatic nitrogens is 2. The molecule has 1 unspecified atom stereocenters. The van der Waals surface area contributed by atoms with Crippen molar-refractivity contribution in [1.29, 1.82) is 0 Å². The van der Waals surface area contributed by atoms with Crippen molar-refractivity contribution in [3.8, 4) is 11.4 Å². The fourth-order valence-corrected chi connectivity index (χ4v) is 5.35. The number of nitrogens with zero attached hydrogens (tertiary/aromatic N) is 4. The Morgan fingerprint density at radius 3 is 2.43 bits per heavy atom. The molecule has 2 aromatic rings. The quantitative estimate of drug-likeness (QED) is 0.735. The first kappa shape index (κ1) is 20.1. The summed E-state index contributed by atoms with van der Waals surface area (Å²) in [5, 5.41) is 3.40. The minimum Gasteiger partial charge on any atom is -0.322 e. The van der Waals surface area contributed by atoms with E-state index in [0.717, 1.165) is 47.4 Å². The van der Waals surface area contributed by atoms with Crippen molar-refractivity contribution in [2.75, 3.05) is 39.8 Å². The van der Waals surface area contributed by atoms with Gasteiger partial charge in [-0.2, -0.15) is 0 Å². The Bertz CT molecular complexity index is 761. The molecule has 5 nitrogen and oxygen atoms in total. The zero-order valence-corrected chi connectivity index (χ0v) is 18.7. The third kappa shape index (κ3) is 4.06. The van der Waals surface area contributed by atoms with Crippen LogP contribution in [0.3, 0.4) is 0 Å². The van der Waals surface area contributed by atoms with Crippen LogP contribution in [-0.2, 0) is 7.05 Å². The van der Waals surface area contributed by atoms with Crippen molar-refractivity contribution in [3.63, 3.8) is 0 Å². The standard InChI is InChI=1S/C22H32BrN5/c1-24-16-19(28-14-12-27(13-15-28)18-10-6-7-11-18)20-21(23)26(2)22(25-20)17-8-4-3-5-9-17/h3-5,8-9,18-19,24H,6-7,10-16H2,1-2H3. The molecule has 1 aromatic heterocycles. The van der Waals surface area contributed by atoms with E-state index in [1.54, 1.807) is 0 Å². The van der Waals surface area contributed by atoms with Crippen LogP contribution in [0.4, 0.5) is 0 Å². The third-order valence-electron chi connectivity index (χ3n) is 6.43. The van der Waals surface area contributed by atoms with Gasteiger partial charge in [0, 0.05) is 51.4 Å². The van der Waals surface area contributed by atoms with Crippen LogP contribution in [0, 0.1) is 0 Å². The van der Waals surface area contributed by atoms with Crippen molar-refractivity contribution < 1.29 is 0 Å². The van der Waals surface area contributed by atoms with Crippen molar-refractivity contribution in [3.05, 3.63) is 40.6 Å². The average Bonchev–Trinajstić information content (AvgIpc) is 3.37. The minimum atomic E-state index is 0.286. The Labute approximate surface area is 177 Å². The van der Waals surface area contributed by atoms with Gasteiger partial charge in [-0.15, -0.1) is 0 Å². The number of benzene rings is 1. The van der Waals surface area contributed by atoms with E-state index in [0.29, 0.717) is 0 Å². The van der Waals surface area contributed by atoms with Gasteiger partial charge in [-0.3, -0.25) is 9.80 Å². The fourth-order valence-electron chi connectivity index (χ4n) is 4.83. The number of rotatable bonds is 6. The maximum absolute atomic E-state index is 5.09. The molecule has 28 heavy (non-hydrogen) atoms. The Balaban J connectivity index is 1.53. The topological polar surface area (TPSA) is 36.3 Å². The lowest BCUT2D eigenvalue weighted by atomic mass is 10.1. The van der Waals surface area contributed by atoms with Crippen molar-refractivity contribution >= 4 is 15.9 Å². The normalized spacial score (nSPS) is 20.7. The molecule has 2 aliphatic rings. The van der Waals surface area contributed by atoms with Crippen molar-refractivity contribution in [2.24, 2.45) is 7.05 Å². The molecule has 1 aromatic carbocycles. The number of hydrogen-bond acceptors (Lipinski definition) is 4. The minimum absolute atomic E-state index is 0.286. The van der Waals surface area contributed by atoms with E-state index in [-0.39, 0.29) is 6.04 Å². The number of hydrogen-bond donors (Lipinski definition) is 1. The Morgan fingerprint density at radius 1 is 1.11 bits per heavy atom. The molecule has 4 rings (SSSR count). The highest BCUT2D eigenvalue weighted by Crippen LogP contribution is 2.33. The predicted molar refractivity (Wildman–Crippen MR) is 118 cm³/mol. The fraction of sp³-hybridized carbons (Fsp3) is 0.591. The predicted octanol–water partition coefficient (Wildman–Crippen LogP) is 3.67. The summed E-state index contributed by atoms with van der Waals surface area (Å²) in [6, 6.07) is 11.6. The van der Waals surface area contributed by atoms with Crippen molar-refractivity contribution in [2.45, 2.75) is 37.8 Å². The van der Waals surface area contributed by atoms with Gasteiger partial charge >= 0.3 is 0 Å². The molecular weight excluding hydrogens is 414 g/mol. The molecule has 0 radical (unpaired) electrons. The summed E-state index contributed by atoms with van der Waals surface area (Å²) in [7, 11) is 4.13. The summed E-state index contributed by atoms with van der Waals surface area (Å²) in [5.74, 6) is 1.02. The molecule has 1 saturated carbocycles. The molecule has 0 spiro atoms. The molecule has 2 fully saturated rings. The van der Waals surface area contributed by atoms with Gasteiger partial charge in [0.05, 0.1) is 11.7 Å². The Morgan fingerprint density at radius 2 is 1.79 bits per heavy atom. The Kier molecular flexibility index (Phi) is 6.51. The average molecular weight is 446 g/mol. The summed E-state index contributed by atoms with van der Waals surface area (Å²) < 4.78 is 3.26. The van der Waals surface area contributed by atoms with E-state index < -0.39 is 0 Å². The number of nitrogens with one attached hydrogen (secondary N) is 1. The van der Waals surface area contributed by atoms with E-state index >= 15 is 0 Å². The van der Waals surface area contributed by atoms with E-state index in [4.69, 9.17) is 4.98 Å². The number of likely N-dealkylation sites (N-methyl/N-ethyl adjacent to an activating group) is 1. The van der Waals surface area contributed by atoms with Gasteiger partial charge in [0.2, 0.25) is 0 Å². The van der Waals surface area contributed by atoms with E-state index in [2.05, 4.69) is 73.0 Å². The molecule has 152 valence electrons.